The van der Waals surface area contributed by atoms with Crippen molar-refractivity contribution in [3.05, 3.63) is 38.8 Å². The second-order valence-corrected chi connectivity index (χ2v) is 8.29. The molecule has 0 unspecified atom stereocenters. The fourth-order valence-electron chi connectivity index (χ4n) is 2.86. The summed E-state index contributed by atoms with van der Waals surface area (Å²) in [6.45, 7) is 0. The van der Waals surface area contributed by atoms with Crippen LogP contribution in [-0.4, -0.2) is 29.5 Å². The van der Waals surface area contributed by atoms with Gasteiger partial charge in [-0.05, 0) is 0 Å². The molecule has 22 heavy (non-hydrogen) atoms. The zero-order valence-corrected chi connectivity index (χ0v) is 14.8. The van der Waals surface area contributed by atoms with Crippen LogP contribution < -0.4 is 5.32 Å². The summed E-state index contributed by atoms with van der Waals surface area (Å²) < 4.78 is 2.77. The number of anilines is 2. The van der Waals surface area contributed by atoms with E-state index < -0.39 is 0 Å². The first-order valence-electron chi connectivity index (χ1n) is 7.06. The zero-order chi connectivity index (χ0) is 15.1. The van der Waals surface area contributed by atoms with E-state index in [1.807, 2.05) is 0 Å². The first kappa shape index (κ1) is 14.5. The molecule has 0 aromatic carbocycles. The number of pyridine rings is 1. The van der Waals surface area contributed by atoms with Crippen LogP contribution in [-0.2, 0) is 12.8 Å². The minimum atomic E-state index is 0.345. The van der Waals surface area contributed by atoms with E-state index in [9.17, 15) is 0 Å². The van der Waals surface area contributed by atoms with Crippen LogP contribution in [0.5, 0.6) is 0 Å². The Balaban J connectivity index is 1.82. The van der Waals surface area contributed by atoms with Crippen LogP contribution in [0.4, 0.5) is 11.5 Å². The maximum atomic E-state index is 5.97. The summed E-state index contributed by atoms with van der Waals surface area (Å²) in [6.07, 6.45) is 6.50. The third-order valence-corrected chi connectivity index (χ3v) is 6.68. The number of hydrogen-bond acceptors (Lipinski definition) is 4. The van der Waals surface area contributed by atoms with Gasteiger partial charge in [-0.15, -0.1) is 0 Å². The minimum absolute atomic E-state index is 0.345. The number of fused-ring (bicyclic) bond motifs is 3. The number of rotatable bonds is 2. The Labute approximate surface area is 143 Å². The third-order valence-electron chi connectivity index (χ3n) is 3.78. The Hall–Kier alpha value is -1.13. The van der Waals surface area contributed by atoms with E-state index >= 15 is 0 Å². The van der Waals surface area contributed by atoms with Crippen LogP contribution in [0, 0.1) is 0 Å². The Morgan fingerprint density at radius 1 is 1.05 bits per heavy atom. The summed E-state index contributed by atoms with van der Waals surface area (Å²) in [4.78, 5) is 12.9. The Morgan fingerprint density at radius 2 is 1.82 bits per heavy atom. The molecule has 0 saturated heterocycles. The van der Waals surface area contributed by atoms with E-state index in [0.717, 1.165) is 17.9 Å². The fourth-order valence-corrected chi connectivity index (χ4v) is 5.90. The van der Waals surface area contributed by atoms with Gasteiger partial charge in [0.15, 0.2) is 0 Å². The van der Waals surface area contributed by atoms with Gasteiger partial charge in [0.25, 0.3) is 0 Å². The van der Waals surface area contributed by atoms with E-state index in [1.54, 1.807) is 22.9 Å². The standard InChI is InChI=1S/C15H12Cl2N4Se/c16-11-5-8(6-12(17)21-11)20-14-13-9-3-1-2-4-10(9)22-15(13)19-7-18-14/h5-7H,1-4H2,(H,18,19,20,21). The van der Waals surface area contributed by atoms with Crippen LogP contribution in [0.15, 0.2) is 18.5 Å². The number of nitrogens with one attached hydrogen (secondary N) is 1. The van der Waals surface area contributed by atoms with Crippen molar-refractivity contribution in [3.8, 4) is 0 Å². The maximum absolute atomic E-state index is 5.97. The predicted octanol–water partition coefficient (Wildman–Crippen LogP) is 4.01. The van der Waals surface area contributed by atoms with Gasteiger partial charge in [0.1, 0.15) is 0 Å². The molecule has 4 nitrogen and oxygen atoms in total. The molecule has 0 bridgehead atoms. The van der Waals surface area contributed by atoms with Gasteiger partial charge in [0, 0.05) is 0 Å². The molecule has 4 rings (SSSR count). The van der Waals surface area contributed by atoms with Crippen molar-refractivity contribution in [2.45, 2.75) is 25.7 Å². The average molecular weight is 398 g/mol. The summed E-state index contributed by atoms with van der Waals surface area (Å²) in [5.74, 6) is 0.845. The van der Waals surface area contributed by atoms with Crippen LogP contribution in [0.1, 0.15) is 22.8 Å². The van der Waals surface area contributed by atoms with Crippen molar-refractivity contribution in [3.63, 3.8) is 0 Å². The SMILES string of the molecule is Clc1cc(Nc2ncnc3[se]c4c(c23)CCCC4)cc(Cl)n1. The van der Waals surface area contributed by atoms with E-state index in [-0.39, 0.29) is 0 Å². The Morgan fingerprint density at radius 3 is 2.64 bits per heavy atom. The molecular formula is C15H12Cl2N4Se. The van der Waals surface area contributed by atoms with Gasteiger partial charge in [-0.2, -0.15) is 0 Å². The van der Waals surface area contributed by atoms with Gasteiger partial charge in [-0.3, -0.25) is 0 Å². The normalized spacial score (nSPS) is 14.1. The van der Waals surface area contributed by atoms with E-state index in [0.29, 0.717) is 24.8 Å². The number of aromatic nitrogens is 3. The van der Waals surface area contributed by atoms with E-state index in [1.165, 1.54) is 34.6 Å². The molecule has 112 valence electrons. The summed E-state index contributed by atoms with van der Waals surface area (Å²) >= 11 is 12.3. The first-order chi connectivity index (χ1) is 10.7. The van der Waals surface area contributed by atoms with Crippen LogP contribution in [0.2, 0.25) is 10.3 Å². The third kappa shape index (κ3) is 2.63. The van der Waals surface area contributed by atoms with Crippen molar-refractivity contribution in [1.29, 1.82) is 0 Å². The van der Waals surface area contributed by atoms with Gasteiger partial charge < -0.3 is 0 Å². The molecule has 0 aliphatic heterocycles. The number of hydrogen-bond donors (Lipinski definition) is 1. The van der Waals surface area contributed by atoms with Crippen LogP contribution in [0.25, 0.3) is 9.78 Å². The average Bonchev–Trinajstić information content (AvgIpc) is 2.85. The number of halogens is 2. The molecule has 0 saturated carbocycles. The van der Waals surface area contributed by atoms with Crippen molar-refractivity contribution in [2.24, 2.45) is 0 Å². The molecule has 7 heteroatoms. The molecule has 0 radical (unpaired) electrons. The molecule has 0 atom stereocenters. The van der Waals surface area contributed by atoms with Gasteiger partial charge >= 0.3 is 144 Å². The molecule has 3 aromatic rings. The molecule has 0 spiro atoms. The van der Waals surface area contributed by atoms with Gasteiger partial charge in [0.2, 0.25) is 0 Å². The second-order valence-electron chi connectivity index (χ2n) is 5.24. The first-order valence-corrected chi connectivity index (χ1v) is 9.53. The molecule has 1 aliphatic rings. The molecule has 1 N–H and O–H groups in total. The molecule has 0 fully saturated rings. The molecule has 1 aliphatic carbocycles. The summed E-state index contributed by atoms with van der Waals surface area (Å²) in [5.41, 5.74) is 2.25. The van der Waals surface area contributed by atoms with Crippen molar-refractivity contribution >= 4 is 59.0 Å². The van der Waals surface area contributed by atoms with E-state index in [4.69, 9.17) is 23.2 Å². The molecule has 3 aromatic heterocycles. The van der Waals surface area contributed by atoms with Gasteiger partial charge in [-0.1, -0.05) is 0 Å². The zero-order valence-electron chi connectivity index (χ0n) is 11.6. The van der Waals surface area contributed by atoms with Crippen molar-refractivity contribution < 1.29 is 0 Å². The Kier molecular flexibility index (Phi) is 3.82. The molecule has 3 heterocycles. The fraction of sp³-hybridized carbons (Fsp3) is 0.267. The van der Waals surface area contributed by atoms with Crippen molar-refractivity contribution in [2.75, 3.05) is 5.32 Å². The second kappa shape index (κ2) is 5.82. The number of aryl methyl sites for hydroxylation is 2. The van der Waals surface area contributed by atoms with Gasteiger partial charge in [0.05, 0.1) is 0 Å². The monoisotopic (exact) mass is 398 g/mol. The Bertz CT molecular complexity index is 842. The summed E-state index contributed by atoms with van der Waals surface area (Å²) in [5, 5.41) is 5.26. The predicted molar refractivity (Wildman–Crippen MR) is 90.7 cm³/mol. The molecular weight excluding hydrogens is 386 g/mol. The van der Waals surface area contributed by atoms with Crippen LogP contribution in [0.3, 0.4) is 0 Å². The summed E-state index contributed by atoms with van der Waals surface area (Å²) in [7, 11) is 0. The van der Waals surface area contributed by atoms with Gasteiger partial charge in [-0.25, -0.2) is 0 Å². The van der Waals surface area contributed by atoms with Crippen LogP contribution >= 0.6 is 23.2 Å². The quantitative estimate of drug-likeness (QED) is 0.524. The number of nitrogens with zero attached hydrogens (tertiary/aromatic N) is 3. The summed E-state index contributed by atoms with van der Waals surface area (Å²) in [6, 6.07) is 3.50. The van der Waals surface area contributed by atoms with Crippen molar-refractivity contribution in [1.82, 2.24) is 15.0 Å². The van der Waals surface area contributed by atoms with E-state index in [2.05, 4.69) is 20.3 Å². The molecule has 0 amide bonds. The topological polar surface area (TPSA) is 50.7 Å².